The van der Waals surface area contributed by atoms with Crippen LogP contribution in [0.2, 0.25) is 0 Å². The van der Waals surface area contributed by atoms with Gasteiger partial charge in [-0.2, -0.15) is 0 Å². The van der Waals surface area contributed by atoms with Crippen LogP contribution in [0.25, 0.3) is 6.08 Å². The van der Waals surface area contributed by atoms with Gasteiger partial charge in [0.25, 0.3) is 5.91 Å². The number of ether oxygens (including phenoxy) is 3. The lowest BCUT2D eigenvalue weighted by Crippen LogP contribution is -2.38. The number of carbonyl (C=O) groups is 2. The number of hydrogen-bond acceptors (Lipinski definition) is 7. The minimum atomic E-state index is -0.946. The summed E-state index contributed by atoms with van der Waals surface area (Å²) < 4.78 is 16.4. The number of benzene rings is 2. The Morgan fingerprint density at radius 1 is 1.16 bits per heavy atom. The molecule has 0 bridgehead atoms. The standard InChI is InChI=1S/C23H23NO5S2/c1-4-12-29-22(26)20(15-8-6-5-7-9-15)24-21(25)19(31-23(24)30)14-16-13-17(27-2)10-11-18(16)28-3/h5-11,13-14,20H,4,12H2,1-3H3/b19-14-. The fourth-order valence-electron chi connectivity index (χ4n) is 3.10. The van der Waals surface area contributed by atoms with E-state index in [0.717, 1.165) is 11.8 Å². The second kappa shape index (κ2) is 10.5. The average molecular weight is 458 g/mol. The van der Waals surface area contributed by atoms with Crippen molar-refractivity contribution in [1.29, 1.82) is 0 Å². The van der Waals surface area contributed by atoms with Gasteiger partial charge in [-0.05, 0) is 36.3 Å². The third-order valence-electron chi connectivity index (χ3n) is 4.59. The van der Waals surface area contributed by atoms with E-state index >= 15 is 0 Å². The first-order valence-electron chi connectivity index (χ1n) is 9.70. The van der Waals surface area contributed by atoms with Crippen molar-refractivity contribution in [2.75, 3.05) is 20.8 Å². The van der Waals surface area contributed by atoms with E-state index in [4.69, 9.17) is 26.4 Å². The molecule has 0 saturated carbocycles. The van der Waals surface area contributed by atoms with Crippen LogP contribution < -0.4 is 9.47 Å². The van der Waals surface area contributed by atoms with E-state index in [1.54, 1.807) is 50.6 Å². The van der Waals surface area contributed by atoms with Gasteiger partial charge in [0.2, 0.25) is 0 Å². The van der Waals surface area contributed by atoms with Crippen molar-refractivity contribution in [1.82, 2.24) is 4.90 Å². The largest absolute Gasteiger partial charge is 0.497 e. The minimum absolute atomic E-state index is 0.272. The van der Waals surface area contributed by atoms with E-state index in [9.17, 15) is 9.59 Å². The zero-order chi connectivity index (χ0) is 22.4. The van der Waals surface area contributed by atoms with Gasteiger partial charge in [-0.1, -0.05) is 61.2 Å². The summed E-state index contributed by atoms with van der Waals surface area (Å²) in [6.45, 7) is 2.18. The molecule has 0 spiro atoms. The Hall–Kier alpha value is -2.84. The summed E-state index contributed by atoms with van der Waals surface area (Å²) >= 11 is 6.63. The van der Waals surface area contributed by atoms with E-state index in [2.05, 4.69) is 0 Å². The molecule has 2 aromatic rings. The maximum Gasteiger partial charge on any atom is 0.333 e. The summed E-state index contributed by atoms with van der Waals surface area (Å²) in [6.07, 6.45) is 2.38. The van der Waals surface area contributed by atoms with Crippen molar-refractivity contribution in [3.05, 3.63) is 64.6 Å². The number of amides is 1. The molecule has 2 aromatic carbocycles. The van der Waals surface area contributed by atoms with Crippen LogP contribution in [0.15, 0.2) is 53.4 Å². The molecule has 6 nitrogen and oxygen atoms in total. The molecule has 1 atom stereocenters. The van der Waals surface area contributed by atoms with Crippen LogP contribution in [0.4, 0.5) is 0 Å². The lowest BCUT2D eigenvalue weighted by molar-refractivity contribution is -0.151. The van der Waals surface area contributed by atoms with Gasteiger partial charge in [0.05, 0.1) is 25.7 Å². The molecule has 31 heavy (non-hydrogen) atoms. The quantitative estimate of drug-likeness (QED) is 0.326. The van der Waals surface area contributed by atoms with E-state index in [1.807, 2.05) is 25.1 Å². The second-order valence-electron chi connectivity index (χ2n) is 6.64. The number of thioether (sulfide) groups is 1. The van der Waals surface area contributed by atoms with E-state index in [0.29, 0.717) is 38.3 Å². The number of methoxy groups -OCH3 is 2. The van der Waals surface area contributed by atoms with Crippen molar-refractivity contribution < 1.29 is 23.8 Å². The molecule has 1 aliphatic rings. The fourth-order valence-corrected chi connectivity index (χ4v) is 4.41. The maximum atomic E-state index is 13.3. The summed E-state index contributed by atoms with van der Waals surface area (Å²) in [4.78, 5) is 27.9. The molecule has 1 heterocycles. The van der Waals surface area contributed by atoms with Gasteiger partial charge in [-0.25, -0.2) is 4.79 Å². The van der Waals surface area contributed by atoms with Gasteiger partial charge in [-0.3, -0.25) is 9.69 Å². The monoisotopic (exact) mass is 457 g/mol. The first-order chi connectivity index (χ1) is 15.0. The summed E-state index contributed by atoms with van der Waals surface area (Å²) in [5.74, 6) is 0.354. The fraction of sp³-hybridized carbons (Fsp3) is 0.261. The molecule has 162 valence electrons. The number of esters is 1. The zero-order valence-electron chi connectivity index (χ0n) is 17.5. The van der Waals surface area contributed by atoms with Crippen molar-refractivity contribution in [3.63, 3.8) is 0 Å². The molecule has 1 saturated heterocycles. The van der Waals surface area contributed by atoms with Crippen LogP contribution in [0.1, 0.15) is 30.5 Å². The van der Waals surface area contributed by atoms with Gasteiger partial charge in [-0.15, -0.1) is 0 Å². The van der Waals surface area contributed by atoms with Gasteiger partial charge in [0.15, 0.2) is 6.04 Å². The maximum absolute atomic E-state index is 13.3. The van der Waals surface area contributed by atoms with Gasteiger partial charge in [0.1, 0.15) is 15.8 Å². The number of hydrogen-bond donors (Lipinski definition) is 0. The highest BCUT2D eigenvalue weighted by molar-refractivity contribution is 8.26. The molecule has 1 aliphatic heterocycles. The molecule has 0 aliphatic carbocycles. The Balaban J connectivity index is 1.99. The molecule has 1 fully saturated rings. The Morgan fingerprint density at radius 2 is 1.90 bits per heavy atom. The van der Waals surface area contributed by atoms with Crippen LogP contribution >= 0.6 is 24.0 Å². The van der Waals surface area contributed by atoms with Crippen LogP contribution in [-0.4, -0.2) is 41.9 Å². The van der Waals surface area contributed by atoms with E-state index < -0.39 is 12.0 Å². The first-order valence-corrected chi connectivity index (χ1v) is 10.9. The number of nitrogens with zero attached hydrogens (tertiary/aromatic N) is 1. The predicted octanol–water partition coefficient (Wildman–Crippen LogP) is 4.60. The summed E-state index contributed by atoms with van der Waals surface area (Å²) in [5.41, 5.74) is 1.31. The molecule has 8 heteroatoms. The average Bonchev–Trinajstić information content (AvgIpc) is 3.06. The van der Waals surface area contributed by atoms with Gasteiger partial charge < -0.3 is 14.2 Å². The normalized spacial score (nSPS) is 15.8. The zero-order valence-corrected chi connectivity index (χ0v) is 19.1. The van der Waals surface area contributed by atoms with Crippen molar-refractivity contribution in [2.45, 2.75) is 19.4 Å². The van der Waals surface area contributed by atoms with Crippen LogP contribution in [-0.2, 0) is 14.3 Å². The predicted molar refractivity (Wildman–Crippen MR) is 125 cm³/mol. The minimum Gasteiger partial charge on any atom is -0.497 e. The molecule has 0 aromatic heterocycles. The second-order valence-corrected chi connectivity index (χ2v) is 8.32. The van der Waals surface area contributed by atoms with E-state index in [-0.39, 0.29) is 12.5 Å². The van der Waals surface area contributed by atoms with E-state index in [1.165, 1.54) is 4.90 Å². The van der Waals surface area contributed by atoms with Crippen molar-refractivity contribution >= 4 is 46.3 Å². The third kappa shape index (κ3) is 5.08. The Bertz CT molecular complexity index is 1010. The molecular weight excluding hydrogens is 434 g/mol. The Kier molecular flexibility index (Phi) is 7.70. The van der Waals surface area contributed by atoms with Crippen LogP contribution in [0.5, 0.6) is 11.5 Å². The summed E-state index contributed by atoms with van der Waals surface area (Å²) in [6, 6.07) is 13.4. The number of thiocarbonyl (C=S) groups is 1. The SMILES string of the molecule is CCCOC(=O)C(c1ccccc1)N1C(=O)/C(=C/c2cc(OC)ccc2OC)SC1=S. The first kappa shape index (κ1) is 22.8. The molecule has 1 unspecified atom stereocenters. The smallest absolute Gasteiger partial charge is 0.333 e. The van der Waals surface area contributed by atoms with Gasteiger partial charge >= 0.3 is 5.97 Å². The molecule has 0 radical (unpaired) electrons. The number of rotatable bonds is 8. The topological polar surface area (TPSA) is 65.1 Å². The summed E-state index contributed by atoms with van der Waals surface area (Å²) in [5, 5.41) is 0. The van der Waals surface area contributed by atoms with Crippen LogP contribution in [0.3, 0.4) is 0 Å². The van der Waals surface area contributed by atoms with Crippen LogP contribution in [0, 0.1) is 0 Å². The molecule has 0 N–H and O–H groups in total. The third-order valence-corrected chi connectivity index (χ3v) is 5.92. The summed E-state index contributed by atoms with van der Waals surface area (Å²) in [7, 11) is 3.12. The lowest BCUT2D eigenvalue weighted by atomic mass is 10.1. The number of carbonyl (C=O) groups excluding carboxylic acids is 2. The highest BCUT2D eigenvalue weighted by Gasteiger charge is 2.42. The Labute approximate surface area is 191 Å². The molecule has 3 rings (SSSR count). The molecular formula is C23H23NO5S2. The van der Waals surface area contributed by atoms with Gasteiger partial charge in [0, 0.05) is 5.56 Å². The van der Waals surface area contributed by atoms with Crippen molar-refractivity contribution in [3.8, 4) is 11.5 Å². The highest BCUT2D eigenvalue weighted by atomic mass is 32.2. The Morgan fingerprint density at radius 3 is 2.55 bits per heavy atom. The van der Waals surface area contributed by atoms with Crippen molar-refractivity contribution in [2.24, 2.45) is 0 Å². The lowest BCUT2D eigenvalue weighted by Gasteiger charge is -2.25. The molecule has 1 amide bonds. The highest BCUT2D eigenvalue weighted by Crippen LogP contribution is 2.40.